The van der Waals surface area contributed by atoms with Gasteiger partial charge in [-0.2, -0.15) is 13.2 Å². The fourth-order valence-corrected chi connectivity index (χ4v) is 4.15. The first-order valence-electron chi connectivity index (χ1n) is 8.76. The Labute approximate surface area is 155 Å². The molecule has 2 fully saturated rings. The quantitative estimate of drug-likeness (QED) is 0.625. The molecule has 26 heavy (non-hydrogen) atoms. The summed E-state index contributed by atoms with van der Waals surface area (Å²) < 4.78 is 43.2. The van der Waals surface area contributed by atoms with Gasteiger partial charge in [0, 0.05) is 57.6 Å². The van der Waals surface area contributed by atoms with Crippen LogP contribution in [0.3, 0.4) is 0 Å². The van der Waals surface area contributed by atoms with Gasteiger partial charge < -0.3 is 15.0 Å². The SMILES string of the molecule is CN=C(NCCc1nc(C(F)(F)F)cs1)N1CCC(N2CCOCC2)C1. The number of ether oxygens (including phenoxy) is 1. The number of aromatic nitrogens is 1. The molecule has 3 heterocycles. The van der Waals surface area contributed by atoms with Gasteiger partial charge in [0.1, 0.15) is 0 Å². The second kappa shape index (κ2) is 8.53. The average Bonchev–Trinajstić information content (AvgIpc) is 3.29. The molecule has 1 atom stereocenters. The third kappa shape index (κ3) is 4.86. The molecule has 1 aromatic rings. The number of alkyl halides is 3. The minimum Gasteiger partial charge on any atom is -0.379 e. The van der Waals surface area contributed by atoms with Crippen LogP contribution in [0.2, 0.25) is 0 Å². The third-order valence-electron chi connectivity index (χ3n) is 4.70. The average molecular weight is 391 g/mol. The number of nitrogens with one attached hydrogen (secondary N) is 1. The maximum atomic E-state index is 12.6. The van der Waals surface area contributed by atoms with Crippen LogP contribution in [0.4, 0.5) is 13.2 Å². The normalized spacial score (nSPS) is 22.8. The highest BCUT2D eigenvalue weighted by Gasteiger charge is 2.33. The molecule has 0 amide bonds. The lowest BCUT2D eigenvalue weighted by Gasteiger charge is -2.32. The Morgan fingerprint density at radius 2 is 2.15 bits per heavy atom. The molecule has 2 aliphatic rings. The maximum absolute atomic E-state index is 12.6. The van der Waals surface area contributed by atoms with Crippen molar-refractivity contribution in [3.05, 3.63) is 16.1 Å². The van der Waals surface area contributed by atoms with Gasteiger partial charge in [-0.15, -0.1) is 11.3 Å². The summed E-state index contributed by atoms with van der Waals surface area (Å²) in [4.78, 5) is 12.6. The predicted molar refractivity (Wildman–Crippen MR) is 94.6 cm³/mol. The predicted octanol–water partition coefficient (Wildman–Crippen LogP) is 1.69. The summed E-state index contributed by atoms with van der Waals surface area (Å²) in [5, 5.41) is 4.80. The molecule has 1 aromatic heterocycles. The first kappa shape index (κ1) is 19.4. The van der Waals surface area contributed by atoms with Crippen LogP contribution in [-0.4, -0.2) is 79.8 Å². The Bertz CT molecular complexity index is 615. The second-order valence-electron chi connectivity index (χ2n) is 6.39. The van der Waals surface area contributed by atoms with Crippen LogP contribution in [0.15, 0.2) is 10.4 Å². The number of guanidine groups is 1. The molecule has 0 bridgehead atoms. The Kier molecular flexibility index (Phi) is 6.36. The number of nitrogens with zero attached hydrogens (tertiary/aromatic N) is 4. The molecule has 0 spiro atoms. The van der Waals surface area contributed by atoms with E-state index in [1.807, 2.05) is 0 Å². The summed E-state index contributed by atoms with van der Waals surface area (Å²) >= 11 is 1.04. The van der Waals surface area contributed by atoms with E-state index in [1.165, 1.54) is 0 Å². The van der Waals surface area contributed by atoms with Gasteiger partial charge >= 0.3 is 6.18 Å². The van der Waals surface area contributed by atoms with Gasteiger partial charge in [0.25, 0.3) is 0 Å². The van der Waals surface area contributed by atoms with Gasteiger partial charge in [0.2, 0.25) is 0 Å². The summed E-state index contributed by atoms with van der Waals surface area (Å²) in [6.07, 6.45) is -2.84. The van der Waals surface area contributed by atoms with Crippen molar-refractivity contribution in [3.8, 4) is 0 Å². The van der Waals surface area contributed by atoms with Gasteiger partial charge in [0.15, 0.2) is 11.7 Å². The lowest BCUT2D eigenvalue weighted by atomic mass is 10.2. The number of halogens is 3. The molecule has 1 N–H and O–H groups in total. The van der Waals surface area contributed by atoms with Gasteiger partial charge in [-0.3, -0.25) is 9.89 Å². The third-order valence-corrected chi connectivity index (χ3v) is 5.61. The number of morpholine rings is 1. The number of rotatable bonds is 4. The van der Waals surface area contributed by atoms with E-state index in [4.69, 9.17) is 4.74 Å². The van der Waals surface area contributed by atoms with Gasteiger partial charge in [-0.05, 0) is 6.42 Å². The van der Waals surface area contributed by atoms with Crippen LogP contribution in [-0.2, 0) is 17.3 Å². The molecule has 6 nitrogen and oxygen atoms in total. The van der Waals surface area contributed by atoms with Crippen molar-refractivity contribution in [1.29, 1.82) is 0 Å². The molecule has 1 unspecified atom stereocenters. The van der Waals surface area contributed by atoms with E-state index in [0.29, 0.717) is 24.0 Å². The summed E-state index contributed by atoms with van der Waals surface area (Å²) in [5.41, 5.74) is -0.810. The maximum Gasteiger partial charge on any atom is 0.434 e. The minimum absolute atomic E-state index is 0.445. The van der Waals surface area contributed by atoms with E-state index in [-0.39, 0.29) is 0 Å². The first-order chi connectivity index (χ1) is 12.5. The number of likely N-dealkylation sites (tertiary alicyclic amines) is 1. The zero-order valence-electron chi connectivity index (χ0n) is 14.8. The zero-order chi connectivity index (χ0) is 18.6. The highest BCUT2D eigenvalue weighted by atomic mass is 32.1. The van der Waals surface area contributed by atoms with E-state index in [0.717, 1.165) is 68.5 Å². The Balaban J connectivity index is 1.45. The van der Waals surface area contributed by atoms with E-state index in [1.54, 1.807) is 7.05 Å². The largest absolute Gasteiger partial charge is 0.434 e. The van der Waals surface area contributed by atoms with Crippen LogP contribution in [0.1, 0.15) is 17.1 Å². The second-order valence-corrected chi connectivity index (χ2v) is 7.33. The van der Waals surface area contributed by atoms with Gasteiger partial charge in [0.05, 0.1) is 18.2 Å². The fraction of sp³-hybridized carbons (Fsp3) is 0.750. The van der Waals surface area contributed by atoms with Crippen molar-refractivity contribution in [2.24, 2.45) is 4.99 Å². The molecule has 146 valence electrons. The van der Waals surface area contributed by atoms with Crippen LogP contribution in [0.5, 0.6) is 0 Å². The van der Waals surface area contributed by atoms with Crippen molar-refractivity contribution >= 4 is 17.3 Å². The van der Waals surface area contributed by atoms with Crippen molar-refractivity contribution < 1.29 is 17.9 Å². The molecule has 2 aliphatic heterocycles. The van der Waals surface area contributed by atoms with Crippen molar-refractivity contribution in [2.75, 3.05) is 53.0 Å². The van der Waals surface area contributed by atoms with Crippen LogP contribution < -0.4 is 5.32 Å². The van der Waals surface area contributed by atoms with Gasteiger partial charge in [-0.25, -0.2) is 4.98 Å². The molecule has 0 aliphatic carbocycles. The Morgan fingerprint density at radius 1 is 1.38 bits per heavy atom. The minimum atomic E-state index is -4.37. The summed E-state index contributed by atoms with van der Waals surface area (Å²) in [6, 6.07) is 0.505. The first-order valence-corrected chi connectivity index (χ1v) is 9.64. The van der Waals surface area contributed by atoms with Crippen LogP contribution in [0.25, 0.3) is 0 Å². The molecular weight excluding hydrogens is 367 g/mol. The van der Waals surface area contributed by atoms with E-state index in [2.05, 4.69) is 25.1 Å². The number of thiazole rings is 1. The van der Waals surface area contributed by atoms with E-state index < -0.39 is 11.9 Å². The Hall–Kier alpha value is -1.39. The molecule has 0 radical (unpaired) electrons. The summed E-state index contributed by atoms with van der Waals surface area (Å²) in [6.45, 7) is 5.86. The monoisotopic (exact) mass is 391 g/mol. The van der Waals surface area contributed by atoms with Crippen LogP contribution in [0, 0.1) is 0 Å². The number of aliphatic imine (C=N–C) groups is 1. The highest BCUT2D eigenvalue weighted by Crippen LogP contribution is 2.30. The smallest absolute Gasteiger partial charge is 0.379 e. The Morgan fingerprint density at radius 3 is 2.81 bits per heavy atom. The summed E-state index contributed by atoms with van der Waals surface area (Å²) in [5.74, 6) is 0.799. The summed E-state index contributed by atoms with van der Waals surface area (Å²) in [7, 11) is 1.73. The fourth-order valence-electron chi connectivity index (χ4n) is 3.34. The van der Waals surface area contributed by atoms with Crippen molar-refractivity contribution in [2.45, 2.75) is 25.1 Å². The lowest BCUT2D eigenvalue weighted by Crippen LogP contribution is -2.46. The molecule has 10 heteroatoms. The topological polar surface area (TPSA) is 53.0 Å². The molecule has 0 saturated carbocycles. The molecule has 2 saturated heterocycles. The molecule has 3 rings (SSSR count). The van der Waals surface area contributed by atoms with Crippen molar-refractivity contribution in [1.82, 2.24) is 20.1 Å². The zero-order valence-corrected chi connectivity index (χ0v) is 15.6. The van der Waals surface area contributed by atoms with E-state index in [9.17, 15) is 13.2 Å². The standard InChI is InChI=1S/C16H24F3N5OS/c1-20-15(21-4-2-14-22-13(11-26-14)16(17,18)19)24-5-3-12(10-24)23-6-8-25-9-7-23/h11-12H,2-10H2,1H3,(H,20,21). The molecular formula is C16H24F3N5OS. The lowest BCUT2D eigenvalue weighted by molar-refractivity contribution is -0.140. The van der Waals surface area contributed by atoms with E-state index >= 15 is 0 Å². The molecule has 0 aromatic carbocycles. The van der Waals surface area contributed by atoms with Gasteiger partial charge in [-0.1, -0.05) is 0 Å². The number of hydrogen-bond acceptors (Lipinski definition) is 5. The van der Waals surface area contributed by atoms with Crippen molar-refractivity contribution in [3.63, 3.8) is 0 Å². The van der Waals surface area contributed by atoms with Crippen LogP contribution >= 0.6 is 11.3 Å². The highest BCUT2D eigenvalue weighted by molar-refractivity contribution is 7.09. The number of hydrogen-bond donors (Lipinski definition) is 1.